The molecule has 1 aromatic rings. The molecule has 1 aliphatic rings. The molecule has 0 aromatic heterocycles. The molecule has 1 unspecified atom stereocenters. The molecular formula is C17H23NO3. The molecule has 4 nitrogen and oxygen atoms in total. The van der Waals surface area contributed by atoms with E-state index in [2.05, 4.69) is 19.9 Å². The molecule has 114 valence electrons. The highest BCUT2D eigenvalue weighted by Crippen LogP contribution is 2.41. The summed E-state index contributed by atoms with van der Waals surface area (Å²) in [6, 6.07) is 7.37. The number of hydrogen-bond donors (Lipinski definition) is 0. The maximum absolute atomic E-state index is 8.99. The second kappa shape index (κ2) is 5.57. The lowest BCUT2D eigenvalue weighted by molar-refractivity contribution is -0.0847. The van der Waals surface area contributed by atoms with Gasteiger partial charge in [0.15, 0.2) is 11.5 Å². The molecule has 1 fully saturated rings. The first kappa shape index (κ1) is 15.7. The molecule has 0 spiro atoms. The molecule has 4 heteroatoms. The SMILES string of the molecule is CCOc1cc(C#N)ccc1OC1CC(C)(C)OC1(C)C. The normalized spacial score (nSPS) is 22.6. The molecule has 0 bridgehead atoms. The molecular weight excluding hydrogens is 266 g/mol. The van der Waals surface area contributed by atoms with Gasteiger partial charge in [-0.2, -0.15) is 5.26 Å². The van der Waals surface area contributed by atoms with Crippen molar-refractivity contribution in [1.29, 1.82) is 5.26 Å². The van der Waals surface area contributed by atoms with Crippen molar-refractivity contribution in [2.45, 2.75) is 58.3 Å². The van der Waals surface area contributed by atoms with Crippen molar-refractivity contribution in [1.82, 2.24) is 0 Å². The third-order valence-electron chi connectivity index (χ3n) is 3.63. The van der Waals surface area contributed by atoms with Crippen LogP contribution in [0, 0.1) is 11.3 Å². The van der Waals surface area contributed by atoms with Gasteiger partial charge < -0.3 is 14.2 Å². The average Bonchev–Trinajstić information content (AvgIpc) is 2.59. The van der Waals surface area contributed by atoms with Crippen molar-refractivity contribution in [3.8, 4) is 17.6 Å². The van der Waals surface area contributed by atoms with Gasteiger partial charge in [0.25, 0.3) is 0 Å². The molecule has 1 saturated heterocycles. The van der Waals surface area contributed by atoms with E-state index in [0.29, 0.717) is 23.7 Å². The van der Waals surface area contributed by atoms with Crippen LogP contribution in [0.3, 0.4) is 0 Å². The van der Waals surface area contributed by atoms with E-state index in [1.165, 1.54) is 0 Å². The molecule has 0 radical (unpaired) electrons. The molecule has 0 amide bonds. The molecule has 1 heterocycles. The molecule has 1 aliphatic heterocycles. The van der Waals surface area contributed by atoms with Gasteiger partial charge in [0.2, 0.25) is 0 Å². The molecule has 0 aliphatic carbocycles. The number of nitrogens with zero attached hydrogens (tertiary/aromatic N) is 1. The van der Waals surface area contributed by atoms with Gasteiger partial charge in [-0.3, -0.25) is 0 Å². The van der Waals surface area contributed by atoms with Gasteiger partial charge in [0, 0.05) is 12.5 Å². The monoisotopic (exact) mass is 289 g/mol. The zero-order valence-corrected chi connectivity index (χ0v) is 13.4. The smallest absolute Gasteiger partial charge is 0.162 e. The van der Waals surface area contributed by atoms with Gasteiger partial charge in [-0.05, 0) is 46.8 Å². The summed E-state index contributed by atoms with van der Waals surface area (Å²) < 4.78 is 17.8. The summed E-state index contributed by atoms with van der Waals surface area (Å²) in [5.74, 6) is 1.27. The van der Waals surface area contributed by atoms with Crippen LogP contribution in [0.1, 0.15) is 46.6 Å². The molecule has 1 aromatic carbocycles. The van der Waals surface area contributed by atoms with E-state index in [4.69, 9.17) is 19.5 Å². The Balaban J connectivity index is 2.25. The van der Waals surface area contributed by atoms with E-state index < -0.39 is 0 Å². The van der Waals surface area contributed by atoms with E-state index in [0.717, 1.165) is 6.42 Å². The van der Waals surface area contributed by atoms with E-state index in [1.807, 2.05) is 20.8 Å². The summed E-state index contributed by atoms with van der Waals surface area (Å²) in [6.07, 6.45) is 0.755. The lowest BCUT2D eigenvalue weighted by Gasteiger charge is -2.28. The molecule has 21 heavy (non-hydrogen) atoms. The van der Waals surface area contributed by atoms with Gasteiger partial charge in [0.05, 0.1) is 23.8 Å². The third-order valence-corrected chi connectivity index (χ3v) is 3.63. The second-order valence-electron chi connectivity index (χ2n) is 6.48. The fourth-order valence-electron chi connectivity index (χ4n) is 2.79. The summed E-state index contributed by atoms with van der Waals surface area (Å²) in [7, 11) is 0. The molecule has 0 N–H and O–H groups in total. The van der Waals surface area contributed by atoms with Crippen LogP contribution in [-0.4, -0.2) is 23.9 Å². The number of benzene rings is 1. The standard InChI is InChI=1S/C17H23NO3/c1-6-19-14-9-12(11-18)7-8-13(14)20-15-10-16(2,3)21-17(15,4)5/h7-9,15H,6,10H2,1-5H3. The molecule has 1 atom stereocenters. The predicted molar refractivity (Wildman–Crippen MR) is 80.6 cm³/mol. The van der Waals surface area contributed by atoms with Gasteiger partial charge in [-0.1, -0.05) is 0 Å². The summed E-state index contributed by atoms with van der Waals surface area (Å²) in [4.78, 5) is 0. The largest absolute Gasteiger partial charge is 0.490 e. The van der Waals surface area contributed by atoms with Crippen LogP contribution in [0.2, 0.25) is 0 Å². The van der Waals surface area contributed by atoms with E-state index in [-0.39, 0.29) is 17.3 Å². The van der Waals surface area contributed by atoms with Crippen LogP contribution in [0.4, 0.5) is 0 Å². The number of nitriles is 1. The van der Waals surface area contributed by atoms with Gasteiger partial charge in [-0.15, -0.1) is 0 Å². The minimum absolute atomic E-state index is 0.0559. The minimum atomic E-state index is -0.360. The van der Waals surface area contributed by atoms with Crippen molar-refractivity contribution in [2.75, 3.05) is 6.61 Å². The first-order chi connectivity index (χ1) is 9.77. The van der Waals surface area contributed by atoms with Crippen molar-refractivity contribution >= 4 is 0 Å². The Bertz CT molecular complexity index is 558. The summed E-state index contributed by atoms with van der Waals surface area (Å²) in [5.41, 5.74) is 0.000940. The Kier molecular flexibility index (Phi) is 4.15. The molecule has 2 rings (SSSR count). The summed E-state index contributed by atoms with van der Waals surface area (Å²) >= 11 is 0. The Morgan fingerprint density at radius 2 is 2.00 bits per heavy atom. The minimum Gasteiger partial charge on any atom is -0.490 e. The van der Waals surface area contributed by atoms with Crippen LogP contribution >= 0.6 is 0 Å². The maximum Gasteiger partial charge on any atom is 0.162 e. The Morgan fingerprint density at radius 3 is 2.52 bits per heavy atom. The average molecular weight is 289 g/mol. The first-order valence-corrected chi connectivity index (χ1v) is 7.31. The lowest BCUT2D eigenvalue weighted by atomic mass is 9.97. The third kappa shape index (κ3) is 3.48. The van der Waals surface area contributed by atoms with Crippen molar-refractivity contribution in [3.05, 3.63) is 23.8 Å². The van der Waals surface area contributed by atoms with Crippen LogP contribution < -0.4 is 9.47 Å². The zero-order valence-electron chi connectivity index (χ0n) is 13.4. The van der Waals surface area contributed by atoms with E-state index in [1.54, 1.807) is 18.2 Å². The maximum atomic E-state index is 8.99. The number of hydrogen-bond acceptors (Lipinski definition) is 4. The highest BCUT2D eigenvalue weighted by atomic mass is 16.6. The first-order valence-electron chi connectivity index (χ1n) is 7.31. The van der Waals surface area contributed by atoms with Crippen molar-refractivity contribution < 1.29 is 14.2 Å². The fourth-order valence-corrected chi connectivity index (χ4v) is 2.79. The van der Waals surface area contributed by atoms with Crippen LogP contribution in [0.5, 0.6) is 11.5 Å². The van der Waals surface area contributed by atoms with E-state index >= 15 is 0 Å². The van der Waals surface area contributed by atoms with E-state index in [9.17, 15) is 0 Å². The fraction of sp³-hybridized carbons (Fsp3) is 0.588. The molecule has 0 saturated carbocycles. The Morgan fingerprint density at radius 1 is 1.29 bits per heavy atom. The highest BCUT2D eigenvalue weighted by molar-refractivity contribution is 5.47. The van der Waals surface area contributed by atoms with Gasteiger partial charge in [-0.25, -0.2) is 0 Å². The Labute approximate surface area is 126 Å². The zero-order chi connectivity index (χ0) is 15.7. The van der Waals surface area contributed by atoms with Crippen molar-refractivity contribution in [3.63, 3.8) is 0 Å². The van der Waals surface area contributed by atoms with Crippen LogP contribution in [-0.2, 0) is 4.74 Å². The highest BCUT2D eigenvalue weighted by Gasteiger charge is 2.47. The van der Waals surface area contributed by atoms with Crippen LogP contribution in [0.15, 0.2) is 18.2 Å². The topological polar surface area (TPSA) is 51.5 Å². The van der Waals surface area contributed by atoms with Gasteiger partial charge in [0.1, 0.15) is 11.7 Å². The second-order valence-corrected chi connectivity index (χ2v) is 6.48. The number of ether oxygens (including phenoxy) is 3. The van der Waals surface area contributed by atoms with Gasteiger partial charge >= 0.3 is 0 Å². The quantitative estimate of drug-likeness (QED) is 0.848. The summed E-state index contributed by atoms with van der Waals surface area (Å²) in [6.45, 7) is 10.7. The number of rotatable bonds is 4. The predicted octanol–water partition coefficient (Wildman–Crippen LogP) is 3.68. The lowest BCUT2D eigenvalue weighted by Crippen LogP contribution is -2.36. The van der Waals surface area contributed by atoms with Crippen molar-refractivity contribution in [2.24, 2.45) is 0 Å². The van der Waals surface area contributed by atoms with Crippen LogP contribution in [0.25, 0.3) is 0 Å². The summed E-state index contributed by atoms with van der Waals surface area (Å²) in [5, 5.41) is 8.99. The Hall–Kier alpha value is -1.73.